The monoisotopic (exact) mass is 367 g/mol. The molecular weight excluding hydrogens is 342 g/mol. The molecule has 138 valence electrons. The molecular formula is C18H26ClN3O3. The van der Waals surface area contributed by atoms with E-state index in [-0.39, 0.29) is 6.61 Å². The summed E-state index contributed by atoms with van der Waals surface area (Å²) < 4.78 is 11.1. The lowest BCUT2D eigenvalue weighted by Crippen LogP contribution is -2.26. The summed E-state index contributed by atoms with van der Waals surface area (Å²) in [6.07, 6.45) is 2.72. The Kier molecular flexibility index (Phi) is 7.55. The molecule has 0 atom stereocenters. The van der Waals surface area contributed by atoms with Gasteiger partial charge in [0.15, 0.2) is 11.5 Å². The molecule has 0 bridgehead atoms. The molecule has 0 unspecified atom stereocenters. The van der Waals surface area contributed by atoms with Crippen molar-refractivity contribution in [2.24, 2.45) is 0 Å². The summed E-state index contributed by atoms with van der Waals surface area (Å²) in [6, 6.07) is 3.69. The molecule has 0 aliphatic rings. The Labute approximate surface area is 153 Å². The van der Waals surface area contributed by atoms with Crippen LogP contribution in [0.5, 0.6) is 11.5 Å². The van der Waals surface area contributed by atoms with E-state index < -0.39 is 0 Å². The Balaban J connectivity index is 2.16. The van der Waals surface area contributed by atoms with Crippen LogP contribution in [0, 0.1) is 6.92 Å². The number of nitrogens with zero attached hydrogens (tertiary/aromatic N) is 2. The molecule has 6 nitrogen and oxygen atoms in total. The third kappa shape index (κ3) is 5.63. The van der Waals surface area contributed by atoms with Crippen molar-refractivity contribution in [2.45, 2.75) is 33.4 Å². The summed E-state index contributed by atoms with van der Waals surface area (Å²) in [7, 11) is 1.62. The van der Waals surface area contributed by atoms with Crippen LogP contribution in [0.3, 0.4) is 0 Å². The van der Waals surface area contributed by atoms with Gasteiger partial charge in [-0.15, -0.1) is 0 Å². The molecule has 0 aliphatic heterocycles. The zero-order chi connectivity index (χ0) is 18.2. The number of methoxy groups -OCH3 is 1. The Morgan fingerprint density at radius 2 is 2.08 bits per heavy atom. The maximum atomic E-state index is 9.36. The van der Waals surface area contributed by atoms with Crippen molar-refractivity contribution in [1.29, 1.82) is 0 Å². The fraction of sp³-hybridized carbons (Fsp3) is 0.500. The number of aryl methyl sites for hydroxylation is 1. The molecule has 0 radical (unpaired) electrons. The predicted octanol–water partition coefficient (Wildman–Crippen LogP) is 3.16. The number of aliphatic hydroxyl groups excluding tert-OH is 1. The van der Waals surface area contributed by atoms with Crippen molar-refractivity contribution in [3.63, 3.8) is 0 Å². The van der Waals surface area contributed by atoms with Crippen LogP contribution in [-0.2, 0) is 13.1 Å². The molecule has 2 N–H and O–H groups in total. The quantitative estimate of drug-likeness (QED) is 0.675. The molecule has 7 heteroatoms. The molecule has 0 saturated heterocycles. The minimum absolute atomic E-state index is 0.0690. The SMILES string of the molecule is CCCOc1cc(Cl)c(CN(CCO)Cc2cnc(C)[nH]2)cc1OC. The molecule has 0 fully saturated rings. The fourth-order valence-electron chi connectivity index (χ4n) is 2.57. The Morgan fingerprint density at radius 3 is 2.68 bits per heavy atom. The molecule has 0 spiro atoms. The van der Waals surface area contributed by atoms with E-state index in [4.69, 9.17) is 21.1 Å². The number of aromatic nitrogens is 2. The average Bonchev–Trinajstić information content (AvgIpc) is 3.00. The lowest BCUT2D eigenvalue weighted by atomic mass is 10.1. The number of nitrogens with one attached hydrogen (secondary N) is 1. The van der Waals surface area contributed by atoms with Gasteiger partial charge in [0.2, 0.25) is 0 Å². The first kappa shape index (κ1) is 19.6. The van der Waals surface area contributed by atoms with E-state index in [0.717, 1.165) is 23.5 Å². The van der Waals surface area contributed by atoms with Crippen molar-refractivity contribution in [2.75, 3.05) is 26.9 Å². The Morgan fingerprint density at radius 1 is 1.28 bits per heavy atom. The van der Waals surface area contributed by atoms with Gasteiger partial charge in [0, 0.05) is 42.6 Å². The standard InChI is InChI=1S/C18H26ClN3O3/c1-4-7-25-18-9-16(19)14(8-17(18)24-3)11-22(5-6-23)12-15-10-20-13(2)21-15/h8-10,23H,4-7,11-12H2,1-3H3,(H,20,21). The van der Waals surface area contributed by atoms with Crippen molar-refractivity contribution < 1.29 is 14.6 Å². The lowest BCUT2D eigenvalue weighted by Gasteiger charge is -2.22. The van der Waals surface area contributed by atoms with Gasteiger partial charge in [0.05, 0.1) is 20.3 Å². The molecule has 2 aromatic rings. The summed E-state index contributed by atoms with van der Waals surface area (Å²) >= 11 is 6.44. The molecule has 0 saturated carbocycles. The summed E-state index contributed by atoms with van der Waals surface area (Å²) in [5, 5.41) is 9.98. The van der Waals surface area contributed by atoms with Crippen molar-refractivity contribution >= 4 is 11.6 Å². The maximum Gasteiger partial charge on any atom is 0.162 e. The predicted molar refractivity (Wildman–Crippen MR) is 98.3 cm³/mol. The van der Waals surface area contributed by atoms with Gasteiger partial charge in [-0.1, -0.05) is 18.5 Å². The van der Waals surface area contributed by atoms with Crippen molar-refractivity contribution in [3.8, 4) is 11.5 Å². The number of H-pyrrole nitrogens is 1. The van der Waals surface area contributed by atoms with E-state index in [9.17, 15) is 5.11 Å². The van der Waals surface area contributed by atoms with Gasteiger partial charge in [-0.3, -0.25) is 4.90 Å². The van der Waals surface area contributed by atoms with Crippen LogP contribution >= 0.6 is 11.6 Å². The number of aliphatic hydroxyl groups is 1. The van der Waals surface area contributed by atoms with E-state index in [1.807, 2.05) is 26.1 Å². The number of ether oxygens (including phenoxy) is 2. The van der Waals surface area contributed by atoms with Crippen LogP contribution < -0.4 is 9.47 Å². The highest BCUT2D eigenvalue weighted by Crippen LogP contribution is 2.34. The highest BCUT2D eigenvalue weighted by molar-refractivity contribution is 6.31. The molecule has 0 amide bonds. The largest absolute Gasteiger partial charge is 0.493 e. The number of halogens is 1. The van der Waals surface area contributed by atoms with Gasteiger partial charge in [0.1, 0.15) is 5.82 Å². The summed E-state index contributed by atoms with van der Waals surface area (Å²) in [5.41, 5.74) is 1.92. The van der Waals surface area contributed by atoms with Crippen LogP contribution in [0.15, 0.2) is 18.3 Å². The van der Waals surface area contributed by atoms with Gasteiger partial charge in [-0.05, 0) is 25.0 Å². The second-order valence-corrected chi connectivity index (χ2v) is 6.28. The van der Waals surface area contributed by atoms with Gasteiger partial charge < -0.3 is 19.6 Å². The van der Waals surface area contributed by atoms with Crippen LogP contribution in [0.4, 0.5) is 0 Å². The van der Waals surface area contributed by atoms with Crippen molar-refractivity contribution in [3.05, 3.63) is 40.4 Å². The van der Waals surface area contributed by atoms with E-state index in [1.54, 1.807) is 13.2 Å². The van der Waals surface area contributed by atoms with Gasteiger partial charge >= 0.3 is 0 Å². The third-order valence-electron chi connectivity index (χ3n) is 3.75. The highest BCUT2D eigenvalue weighted by atomic mass is 35.5. The summed E-state index contributed by atoms with van der Waals surface area (Å²) in [6.45, 7) is 6.41. The number of aromatic amines is 1. The lowest BCUT2D eigenvalue weighted by molar-refractivity contribution is 0.183. The first-order valence-electron chi connectivity index (χ1n) is 8.40. The molecule has 1 aromatic carbocycles. The van der Waals surface area contributed by atoms with Gasteiger partial charge in [-0.25, -0.2) is 4.98 Å². The normalized spacial score (nSPS) is 11.1. The average molecular weight is 368 g/mol. The maximum absolute atomic E-state index is 9.36. The van der Waals surface area contributed by atoms with E-state index in [2.05, 4.69) is 14.9 Å². The number of imidazole rings is 1. The van der Waals surface area contributed by atoms with Crippen LogP contribution in [0.1, 0.15) is 30.4 Å². The minimum atomic E-state index is 0.0690. The Hall–Kier alpha value is -1.76. The molecule has 2 rings (SSSR count). The zero-order valence-electron chi connectivity index (χ0n) is 15.0. The molecule has 25 heavy (non-hydrogen) atoms. The number of hydrogen-bond acceptors (Lipinski definition) is 5. The van der Waals surface area contributed by atoms with Crippen LogP contribution in [0.25, 0.3) is 0 Å². The smallest absolute Gasteiger partial charge is 0.162 e. The number of benzene rings is 1. The summed E-state index contributed by atoms with van der Waals surface area (Å²) in [5.74, 6) is 2.18. The number of hydrogen-bond donors (Lipinski definition) is 2. The van der Waals surface area contributed by atoms with Gasteiger partial charge in [0.25, 0.3) is 0 Å². The van der Waals surface area contributed by atoms with Crippen molar-refractivity contribution in [1.82, 2.24) is 14.9 Å². The molecule has 1 aromatic heterocycles. The van der Waals surface area contributed by atoms with Gasteiger partial charge in [-0.2, -0.15) is 0 Å². The van der Waals surface area contributed by atoms with E-state index in [1.165, 1.54) is 0 Å². The number of rotatable bonds is 10. The molecule has 0 aliphatic carbocycles. The topological polar surface area (TPSA) is 70.6 Å². The Bertz CT molecular complexity index is 676. The first-order chi connectivity index (χ1) is 12.1. The highest BCUT2D eigenvalue weighted by Gasteiger charge is 2.15. The first-order valence-corrected chi connectivity index (χ1v) is 8.78. The van der Waals surface area contributed by atoms with Crippen LogP contribution in [0.2, 0.25) is 5.02 Å². The third-order valence-corrected chi connectivity index (χ3v) is 4.11. The second kappa shape index (κ2) is 9.65. The minimum Gasteiger partial charge on any atom is -0.493 e. The van der Waals surface area contributed by atoms with Crippen LogP contribution in [-0.4, -0.2) is 46.8 Å². The summed E-state index contributed by atoms with van der Waals surface area (Å²) in [4.78, 5) is 9.52. The molecule has 1 heterocycles. The zero-order valence-corrected chi connectivity index (χ0v) is 15.8. The van der Waals surface area contributed by atoms with E-state index in [0.29, 0.717) is 42.8 Å². The second-order valence-electron chi connectivity index (χ2n) is 5.87. The fourth-order valence-corrected chi connectivity index (χ4v) is 2.79. The van der Waals surface area contributed by atoms with E-state index >= 15 is 0 Å².